The summed E-state index contributed by atoms with van der Waals surface area (Å²) in [5.41, 5.74) is -0.190. The van der Waals surface area contributed by atoms with Gasteiger partial charge in [-0.05, 0) is 37.9 Å². The Morgan fingerprint density at radius 3 is 2.75 bits per heavy atom. The third-order valence-electron chi connectivity index (χ3n) is 5.75. The van der Waals surface area contributed by atoms with E-state index in [0.717, 1.165) is 18.5 Å². The molecule has 0 bridgehead atoms. The Morgan fingerprint density at radius 2 is 2.04 bits per heavy atom. The molecule has 0 aromatic carbocycles. The van der Waals surface area contributed by atoms with E-state index in [-0.39, 0.29) is 31.3 Å². The van der Waals surface area contributed by atoms with E-state index < -0.39 is 11.3 Å². The van der Waals surface area contributed by atoms with Gasteiger partial charge in [0.25, 0.3) is 5.92 Å². The first kappa shape index (κ1) is 15.9. The first-order chi connectivity index (χ1) is 11.5. The number of hydrogen-bond acceptors (Lipinski definition) is 3. The molecule has 1 spiro atoms. The standard InChI is InChI=1S/C18H23F2N3O/c19-18(20)7-10-23(16(24)14-4-5-14)13-17(18)6-9-22(12-17)11-15-3-1-2-8-21-15/h1-3,8,14H,4-7,9-13H2. The van der Waals surface area contributed by atoms with Crippen molar-refractivity contribution in [1.29, 1.82) is 0 Å². The number of likely N-dealkylation sites (tertiary alicyclic amines) is 2. The van der Waals surface area contributed by atoms with Gasteiger partial charge in [0.1, 0.15) is 0 Å². The second kappa shape index (κ2) is 5.76. The number of pyridine rings is 1. The lowest BCUT2D eigenvalue weighted by Crippen LogP contribution is -2.58. The quantitative estimate of drug-likeness (QED) is 0.852. The predicted octanol–water partition coefficient (Wildman–Crippen LogP) is 2.55. The molecular weight excluding hydrogens is 312 g/mol. The van der Waals surface area contributed by atoms with Crippen LogP contribution in [0.3, 0.4) is 0 Å². The minimum atomic E-state index is -2.70. The fourth-order valence-corrected chi connectivity index (χ4v) is 4.12. The minimum Gasteiger partial charge on any atom is -0.341 e. The molecule has 4 rings (SSSR count). The molecule has 2 saturated heterocycles. The molecule has 1 unspecified atom stereocenters. The molecule has 1 amide bonds. The number of alkyl halides is 2. The monoisotopic (exact) mass is 335 g/mol. The molecule has 4 nitrogen and oxygen atoms in total. The van der Waals surface area contributed by atoms with E-state index in [1.165, 1.54) is 0 Å². The van der Waals surface area contributed by atoms with E-state index in [0.29, 0.717) is 26.1 Å². The van der Waals surface area contributed by atoms with Crippen LogP contribution in [0, 0.1) is 11.3 Å². The average molecular weight is 335 g/mol. The third kappa shape index (κ3) is 2.81. The van der Waals surface area contributed by atoms with Crippen LogP contribution in [0.4, 0.5) is 8.78 Å². The SMILES string of the molecule is O=C(C1CC1)N1CCC(F)(F)C2(CCN(Cc3ccccn3)C2)C1. The molecule has 0 N–H and O–H groups in total. The van der Waals surface area contributed by atoms with Gasteiger partial charge >= 0.3 is 0 Å². The number of carbonyl (C=O) groups is 1. The predicted molar refractivity (Wildman–Crippen MR) is 85.4 cm³/mol. The van der Waals surface area contributed by atoms with E-state index in [1.54, 1.807) is 11.1 Å². The second-order valence-corrected chi connectivity index (χ2v) is 7.55. The zero-order valence-corrected chi connectivity index (χ0v) is 13.8. The lowest BCUT2D eigenvalue weighted by atomic mass is 9.75. The number of aromatic nitrogens is 1. The minimum absolute atomic E-state index is 0.0908. The van der Waals surface area contributed by atoms with Crippen LogP contribution in [0.2, 0.25) is 0 Å². The molecular formula is C18H23F2N3O. The van der Waals surface area contributed by atoms with Gasteiger partial charge in [0.05, 0.1) is 11.1 Å². The average Bonchev–Trinajstić information content (AvgIpc) is 3.34. The molecule has 1 aromatic rings. The summed E-state index contributed by atoms with van der Waals surface area (Å²) in [4.78, 5) is 20.4. The fraction of sp³-hybridized carbons (Fsp3) is 0.667. The number of hydrogen-bond donors (Lipinski definition) is 0. The van der Waals surface area contributed by atoms with Gasteiger partial charge in [-0.25, -0.2) is 8.78 Å². The van der Waals surface area contributed by atoms with Crippen LogP contribution < -0.4 is 0 Å². The molecule has 1 aliphatic carbocycles. The van der Waals surface area contributed by atoms with Crippen LogP contribution in [-0.4, -0.2) is 52.8 Å². The number of halogens is 2. The normalized spacial score (nSPS) is 30.0. The number of nitrogens with zero attached hydrogens (tertiary/aromatic N) is 3. The van der Waals surface area contributed by atoms with Crippen molar-refractivity contribution in [1.82, 2.24) is 14.8 Å². The highest BCUT2D eigenvalue weighted by molar-refractivity contribution is 5.81. The summed E-state index contributed by atoms with van der Waals surface area (Å²) in [5.74, 6) is -2.51. The van der Waals surface area contributed by atoms with Crippen molar-refractivity contribution >= 4 is 5.91 Å². The van der Waals surface area contributed by atoms with Crippen LogP contribution in [0.25, 0.3) is 0 Å². The van der Waals surface area contributed by atoms with Crippen molar-refractivity contribution in [2.75, 3.05) is 26.2 Å². The Hall–Kier alpha value is -1.56. The molecule has 3 aliphatic rings. The molecule has 24 heavy (non-hydrogen) atoms. The maximum Gasteiger partial charge on any atom is 0.258 e. The number of carbonyl (C=O) groups excluding carboxylic acids is 1. The van der Waals surface area contributed by atoms with Gasteiger partial charge in [0.2, 0.25) is 5.91 Å². The number of amides is 1. The second-order valence-electron chi connectivity index (χ2n) is 7.55. The molecule has 3 fully saturated rings. The highest BCUT2D eigenvalue weighted by Gasteiger charge is 2.60. The Labute approximate surface area is 140 Å². The Morgan fingerprint density at radius 1 is 1.21 bits per heavy atom. The maximum absolute atomic E-state index is 14.8. The third-order valence-corrected chi connectivity index (χ3v) is 5.75. The molecule has 3 heterocycles. The largest absolute Gasteiger partial charge is 0.341 e. The van der Waals surface area contributed by atoms with Crippen molar-refractivity contribution in [3.05, 3.63) is 30.1 Å². The molecule has 1 atom stereocenters. The molecule has 6 heteroatoms. The van der Waals surface area contributed by atoms with Gasteiger partial charge in [-0.15, -0.1) is 0 Å². The Bertz CT molecular complexity index is 620. The highest BCUT2D eigenvalue weighted by Crippen LogP contribution is 2.50. The summed E-state index contributed by atoms with van der Waals surface area (Å²) >= 11 is 0. The summed E-state index contributed by atoms with van der Waals surface area (Å²) in [6.07, 6.45) is 3.81. The summed E-state index contributed by atoms with van der Waals surface area (Å²) in [5, 5.41) is 0. The molecule has 2 aliphatic heterocycles. The Kier molecular flexibility index (Phi) is 3.82. The lowest BCUT2D eigenvalue weighted by molar-refractivity contribution is -0.172. The van der Waals surface area contributed by atoms with Crippen molar-refractivity contribution < 1.29 is 13.6 Å². The first-order valence-corrected chi connectivity index (χ1v) is 8.78. The van der Waals surface area contributed by atoms with Crippen LogP contribution in [0.15, 0.2) is 24.4 Å². The lowest BCUT2D eigenvalue weighted by Gasteiger charge is -2.46. The van der Waals surface area contributed by atoms with E-state index >= 15 is 0 Å². The summed E-state index contributed by atoms with van der Waals surface area (Å²) in [6.45, 7) is 1.97. The van der Waals surface area contributed by atoms with Crippen LogP contribution in [0.5, 0.6) is 0 Å². The van der Waals surface area contributed by atoms with E-state index in [2.05, 4.69) is 9.88 Å². The smallest absolute Gasteiger partial charge is 0.258 e. The van der Waals surface area contributed by atoms with Crippen molar-refractivity contribution in [2.45, 2.75) is 38.2 Å². The highest BCUT2D eigenvalue weighted by atomic mass is 19.3. The van der Waals surface area contributed by atoms with Gasteiger partial charge in [0.15, 0.2) is 0 Å². The van der Waals surface area contributed by atoms with E-state index in [9.17, 15) is 13.6 Å². The number of rotatable bonds is 3. The summed E-state index contributed by atoms with van der Waals surface area (Å²) in [6, 6.07) is 5.69. The molecule has 1 aromatic heterocycles. The molecule has 1 saturated carbocycles. The van der Waals surface area contributed by atoms with Gasteiger partial charge in [-0.3, -0.25) is 14.7 Å². The topological polar surface area (TPSA) is 36.4 Å². The van der Waals surface area contributed by atoms with Crippen molar-refractivity contribution in [3.63, 3.8) is 0 Å². The maximum atomic E-state index is 14.8. The van der Waals surface area contributed by atoms with Crippen molar-refractivity contribution in [3.8, 4) is 0 Å². The zero-order valence-electron chi connectivity index (χ0n) is 13.8. The van der Waals surface area contributed by atoms with Gasteiger partial charge in [-0.1, -0.05) is 6.07 Å². The van der Waals surface area contributed by atoms with Crippen molar-refractivity contribution in [2.24, 2.45) is 11.3 Å². The molecule has 130 valence electrons. The van der Waals surface area contributed by atoms with Crippen LogP contribution in [0.1, 0.15) is 31.4 Å². The van der Waals surface area contributed by atoms with E-state index in [4.69, 9.17) is 0 Å². The first-order valence-electron chi connectivity index (χ1n) is 8.78. The number of piperidine rings is 1. The van der Waals surface area contributed by atoms with Crippen LogP contribution in [-0.2, 0) is 11.3 Å². The molecule has 0 radical (unpaired) electrons. The fourth-order valence-electron chi connectivity index (χ4n) is 4.12. The van der Waals surface area contributed by atoms with Gasteiger partial charge in [0, 0.05) is 44.7 Å². The zero-order chi connectivity index (χ0) is 16.8. The van der Waals surface area contributed by atoms with Gasteiger partial charge < -0.3 is 4.90 Å². The summed E-state index contributed by atoms with van der Waals surface area (Å²) in [7, 11) is 0. The van der Waals surface area contributed by atoms with Gasteiger partial charge in [-0.2, -0.15) is 0 Å². The van der Waals surface area contributed by atoms with E-state index in [1.807, 2.05) is 18.2 Å². The Balaban J connectivity index is 1.48. The summed E-state index contributed by atoms with van der Waals surface area (Å²) < 4.78 is 29.5. The van der Waals surface area contributed by atoms with Crippen LogP contribution >= 0.6 is 0 Å².